The van der Waals surface area contributed by atoms with Crippen LogP contribution in [0.1, 0.15) is 41.0 Å². The van der Waals surface area contributed by atoms with Crippen LogP contribution in [0.5, 0.6) is 0 Å². The topological polar surface area (TPSA) is 235 Å². The van der Waals surface area contributed by atoms with E-state index in [0.29, 0.717) is 17.2 Å². The summed E-state index contributed by atoms with van der Waals surface area (Å²) in [5.74, 6) is 0.915. The summed E-state index contributed by atoms with van der Waals surface area (Å²) in [6.07, 6.45) is 0.381. The number of hydrogen-bond acceptors (Lipinski definition) is 12. The van der Waals surface area contributed by atoms with Gasteiger partial charge < -0.3 is 68.4 Å². The number of methoxy groups -OCH3 is 2. The first-order chi connectivity index (χ1) is 23.6. The molecule has 2 amide bonds. The molecule has 0 saturated carbocycles. The fraction of sp³-hybridized carbons (Fsp3) is 0.613. The standard InChI is InChI=1S/C16H25N2O7P.C15H25N2O7P/c1-9(2)24-14-13(10(3)8-26(20,21)22)25-16(15(14)23-5)18-7-6-12(19)17-11(18)4;1-9(2)23-13-11(6-8-25(19,20)21)24-15(14(13)22-4)17-7-5-12(18)16-10(17)3/h6-9,13-16H,4H2,1-3,5H3,(H,17,19)(H2,20,21,22);5,7,9,11,13-15H,3,6,8H2,1-2,4H3,(H,16,18)(H2,19,20,21)/b10-8+;/t13-,14?,15+,16-;11-,13?,14+,15-/m11/s1. The van der Waals surface area contributed by atoms with Crippen molar-refractivity contribution >= 4 is 27.0 Å². The summed E-state index contributed by atoms with van der Waals surface area (Å²) >= 11 is 0. The number of carbonyl (C=O) groups excluding carboxylic acids is 2. The van der Waals surface area contributed by atoms with Crippen LogP contribution in [0.4, 0.5) is 0 Å². The Kier molecular flexibility index (Phi) is 15.0. The Morgan fingerprint density at radius 3 is 1.71 bits per heavy atom. The van der Waals surface area contributed by atoms with Gasteiger partial charge in [0, 0.05) is 44.6 Å². The Balaban J connectivity index is 0.000000276. The van der Waals surface area contributed by atoms with E-state index in [1.165, 1.54) is 38.8 Å². The number of hydrogen-bond donors (Lipinski definition) is 6. The quantitative estimate of drug-likeness (QED) is 0.146. The number of amides is 2. The Morgan fingerprint density at radius 1 is 0.843 bits per heavy atom. The molecule has 0 spiro atoms. The second kappa shape index (κ2) is 17.9. The summed E-state index contributed by atoms with van der Waals surface area (Å²) in [7, 11) is -5.52. The first-order valence-corrected chi connectivity index (χ1v) is 19.5. The maximum atomic E-state index is 11.4. The highest BCUT2D eigenvalue weighted by atomic mass is 31.2. The molecular formula is C31H50N4O14P2. The summed E-state index contributed by atoms with van der Waals surface area (Å²) in [4.78, 5) is 62.9. The zero-order chi connectivity index (χ0) is 38.4. The van der Waals surface area contributed by atoms with Crippen LogP contribution in [0.3, 0.4) is 0 Å². The van der Waals surface area contributed by atoms with Crippen LogP contribution in [-0.4, -0.2) is 123 Å². The highest BCUT2D eigenvalue weighted by Gasteiger charge is 2.51. The van der Waals surface area contributed by atoms with Gasteiger partial charge >= 0.3 is 15.2 Å². The molecule has 20 heteroatoms. The van der Waals surface area contributed by atoms with Crippen LogP contribution in [0.2, 0.25) is 0 Å². The summed E-state index contributed by atoms with van der Waals surface area (Å²) in [5, 5.41) is 5.16. The van der Waals surface area contributed by atoms with Crippen molar-refractivity contribution in [3.05, 3.63) is 60.7 Å². The second-order valence-electron chi connectivity index (χ2n) is 12.7. The van der Waals surface area contributed by atoms with E-state index in [1.807, 2.05) is 27.7 Å². The molecule has 4 heterocycles. The SMILES string of the molecule is C=C1NC(=O)C=CN1[C@@H]1O[C@H](/C(C)=C/P(=O)(O)O)C(OC(C)C)[C@@H]1OC.C=C1NC(=O)C=CN1[C@@H]1O[C@H](CCP(=O)(O)O)C(OC(C)C)[C@@H]1OC. The van der Waals surface area contributed by atoms with Gasteiger partial charge in [-0.3, -0.25) is 18.7 Å². The summed E-state index contributed by atoms with van der Waals surface area (Å²) in [6.45, 7) is 16.6. The maximum absolute atomic E-state index is 11.4. The van der Waals surface area contributed by atoms with Crippen LogP contribution >= 0.6 is 15.2 Å². The van der Waals surface area contributed by atoms with Gasteiger partial charge in [0.25, 0.3) is 11.8 Å². The molecule has 0 bridgehead atoms. The van der Waals surface area contributed by atoms with E-state index in [2.05, 4.69) is 23.8 Å². The third-order valence-corrected chi connectivity index (χ3v) is 9.47. The molecule has 4 aliphatic heterocycles. The molecule has 0 aliphatic carbocycles. The van der Waals surface area contributed by atoms with Crippen molar-refractivity contribution < 1.29 is 66.7 Å². The molecule has 4 aliphatic rings. The fourth-order valence-corrected chi connectivity index (χ4v) is 7.19. The fourth-order valence-electron chi connectivity index (χ4n) is 5.92. The Labute approximate surface area is 297 Å². The monoisotopic (exact) mass is 764 g/mol. The van der Waals surface area contributed by atoms with Crippen LogP contribution < -0.4 is 10.6 Å². The largest absolute Gasteiger partial charge is 0.374 e. The number of rotatable bonds is 13. The van der Waals surface area contributed by atoms with Gasteiger partial charge in [-0.05, 0) is 46.6 Å². The minimum Gasteiger partial charge on any atom is -0.374 e. The lowest BCUT2D eigenvalue weighted by Gasteiger charge is -2.34. The Hall–Kier alpha value is -2.70. The normalized spacial score (nSPS) is 30.3. The van der Waals surface area contributed by atoms with Crippen molar-refractivity contribution in [2.24, 2.45) is 0 Å². The highest BCUT2D eigenvalue weighted by molar-refractivity contribution is 7.55. The lowest BCUT2D eigenvalue weighted by molar-refractivity contribution is -0.119. The molecule has 0 aromatic rings. The molecular weight excluding hydrogens is 714 g/mol. The van der Waals surface area contributed by atoms with Crippen molar-refractivity contribution in [3.63, 3.8) is 0 Å². The molecule has 0 aromatic carbocycles. The van der Waals surface area contributed by atoms with Gasteiger partial charge in [-0.15, -0.1) is 0 Å². The zero-order valence-electron chi connectivity index (χ0n) is 29.6. The Morgan fingerprint density at radius 2 is 1.29 bits per heavy atom. The number of carbonyl (C=O) groups is 2. The molecule has 2 saturated heterocycles. The lowest BCUT2D eigenvalue weighted by atomic mass is 10.0. The van der Waals surface area contributed by atoms with E-state index in [9.17, 15) is 28.5 Å². The number of ether oxygens (including phenoxy) is 6. The van der Waals surface area contributed by atoms with E-state index in [0.717, 1.165) is 5.82 Å². The van der Waals surface area contributed by atoms with E-state index >= 15 is 0 Å². The molecule has 18 nitrogen and oxygen atoms in total. The maximum Gasteiger partial charge on any atom is 0.349 e. The van der Waals surface area contributed by atoms with Gasteiger partial charge in [-0.25, -0.2) is 0 Å². The molecule has 6 N–H and O–H groups in total. The van der Waals surface area contributed by atoms with Crippen LogP contribution in [0, 0.1) is 0 Å². The van der Waals surface area contributed by atoms with E-state index in [-0.39, 0.29) is 36.6 Å². The lowest BCUT2D eigenvalue weighted by Crippen LogP contribution is -2.47. The average Bonchev–Trinajstić information content (AvgIpc) is 3.51. The van der Waals surface area contributed by atoms with Gasteiger partial charge in [0.15, 0.2) is 12.5 Å². The molecule has 0 radical (unpaired) electrons. The van der Waals surface area contributed by atoms with Gasteiger partial charge in [0.1, 0.15) is 42.2 Å². The minimum atomic E-state index is -4.38. The predicted molar refractivity (Wildman–Crippen MR) is 183 cm³/mol. The molecule has 288 valence electrons. The van der Waals surface area contributed by atoms with Crippen molar-refractivity contribution in [2.45, 2.75) is 102 Å². The van der Waals surface area contributed by atoms with Crippen molar-refractivity contribution in [2.75, 3.05) is 20.4 Å². The van der Waals surface area contributed by atoms with Crippen LogP contribution in [0.25, 0.3) is 0 Å². The van der Waals surface area contributed by atoms with Gasteiger partial charge in [-0.2, -0.15) is 0 Å². The molecule has 51 heavy (non-hydrogen) atoms. The Bertz CT molecular complexity index is 1470. The number of nitrogens with zero attached hydrogens (tertiary/aromatic N) is 2. The summed E-state index contributed by atoms with van der Waals surface area (Å²) in [6, 6.07) is 0. The van der Waals surface area contributed by atoms with Gasteiger partial charge in [0.2, 0.25) is 0 Å². The molecule has 4 rings (SSSR count). The predicted octanol–water partition coefficient (Wildman–Crippen LogP) is 1.52. The minimum absolute atomic E-state index is 0.119. The van der Waals surface area contributed by atoms with Gasteiger partial charge in [0.05, 0.1) is 24.5 Å². The van der Waals surface area contributed by atoms with Crippen LogP contribution in [-0.2, 0) is 47.1 Å². The smallest absolute Gasteiger partial charge is 0.349 e. The van der Waals surface area contributed by atoms with Crippen molar-refractivity contribution in [1.29, 1.82) is 0 Å². The third-order valence-electron chi connectivity index (χ3n) is 7.88. The van der Waals surface area contributed by atoms with Crippen molar-refractivity contribution in [3.8, 4) is 0 Å². The number of nitrogens with one attached hydrogen (secondary N) is 2. The first kappa shape index (κ1) is 42.7. The summed E-state index contributed by atoms with van der Waals surface area (Å²) in [5.41, 5.74) is 0.337. The summed E-state index contributed by atoms with van der Waals surface area (Å²) < 4.78 is 57.6. The molecule has 0 aromatic heterocycles. The highest BCUT2D eigenvalue weighted by Crippen LogP contribution is 2.42. The molecule has 8 atom stereocenters. The second-order valence-corrected chi connectivity index (χ2v) is 15.9. The van der Waals surface area contributed by atoms with E-state index in [4.69, 9.17) is 38.2 Å². The van der Waals surface area contributed by atoms with Gasteiger partial charge in [-0.1, -0.05) is 13.2 Å². The van der Waals surface area contributed by atoms with E-state index in [1.54, 1.807) is 16.7 Å². The average molecular weight is 765 g/mol. The van der Waals surface area contributed by atoms with Crippen LogP contribution in [0.15, 0.2) is 60.7 Å². The third kappa shape index (κ3) is 11.9. The van der Waals surface area contributed by atoms with Crippen molar-refractivity contribution in [1.82, 2.24) is 20.4 Å². The molecule has 2 unspecified atom stereocenters. The first-order valence-electron chi connectivity index (χ1n) is 16.0. The zero-order valence-corrected chi connectivity index (χ0v) is 31.4. The van der Waals surface area contributed by atoms with E-state index < -0.39 is 64.3 Å². The molecule has 2 fully saturated rings.